The molecule has 0 aliphatic carbocycles. The van der Waals surface area contributed by atoms with E-state index in [1.165, 1.54) is 0 Å². The van der Waals surface area contributed by atoms with Crippen molar-refractivity contribution in [2.75, 3.05) is 30.5 Å². The highest BCUT2D eigenvalue weighted by Gasteiger charge is 2.26. The lowest BCUT2D eigenvalue weighted by Crippen LogP contribution is -2.41. The molecule has 3 aromatic heterocycles. The highest BCUT2D eigenvalue weighted by molar-refractivity contribution is 9.10. The summed E-state index contributed by atoms with van der Waals surface area (Å²) in [6.07, 6.45) is 9.50. The van der Waals surface area contributed by atoms with Gasteiger partial charge < -0.3 is 20.7 Å². The molecule has 3 aromatic rings. The van der Waals surface area contributed by atoms with E-state index in [0.717, 1.165) is 59.5 Å². The molecular formula is C23H31BrN7O3+. The van der Waals surface area contributed by atoms with Gasteiger partial charge in [0, 0.05) is 48.0 Å². The van der Waals surface area contributed by atoms with E-state index in [9.17, 15) is 4.79 Å². The number of carbonyl (C=O) groups is 1. The van der Waals surface area contributed by atoms with Crippen molar-refractivity contribution in [3.05, 3.63) is 46.8 Å². The first-order valence-electron chi connectivity index (χ1n) is 11.5. The molecule has 4 heterocycles. The highest BCUT2D eigenvalue weighted by atomic mass is 79.9. The standard InChI is InChI=1S/C23H31BrN7O3/c1-16(25)23(32)34-11-8-18-7-3-4-10-30(18)21-12-20(31-22(28-21)19(24)14-27-31)26-13-17-6-5-9-29(15-17)33-2/h5-6,9,12,14-16,18,26H,3-4,7-8,10-11,13,25H2,1-2H3/q+1/t16-,18+/m1/s1. The van der Waals surface area contributed by atoms with Crippen LogP contribution in [0.5, 0.6) is 0 Å². The second kappa shape index (κ2) is 11.0. The molecule has 3 N–H and O–H groups in total. The molecule has 1 saturated heterocycles. The molecule has 0 bridgehead atoms. The van der Waals surface area contributed by atoms with Gasteiger partial charge in [-0.25, -0.2) is 4.98 Å². The maximum absolute atomic E-state index is 11.8. The number of fused-ring (bicyclic) bond motifs is 1. The second-order valence-corrected chi connectivity index (χ2v) is 9.28. The summed E-state index contributed by atoms with van der Waals surface area (Å²) in [6, 6.07) is 5.63. The predicted octanol–water partition coefficient (Wildman–Crippen LogP) is 2.09. The molecule has 10 nitrogen and oxygen atoms in total. The van der Waals surface area contributed by atoms with Gasteiger partial charge in [-0.3, -0.25) is 9.63 Å². The molecule has 34 heavy (non-hydrogen) atoms. The number of aromatic nitrogens is 4. The third kappa shape index (κ3) is 5.58. The first-order chi connectivity index (χ1) is 16.5. The molecule has 2 atom stereocenters. The molecule has 0 amide bonds. The Morgan fingerprint density at radius 2 is 2.29 bits per heavy atom. The molecule has 0 aromatic carbocycles. The molecule has 0 unspecified atom stereocenters. The van der Waals surface area contributed by atoms with Gasteiger partial charge in [0.15, 0.2) is 5.65 Å². The maximum Gasteiger partial charge on any atom is 0.322 e. The van der Waals surface area contributed by atoms with Crippen LogP contribution in [0.3, 0.4) is 0 Å². The van der Waals surface area contributed by atoms with Crippen molar-refractivity contribution < 1.29 is 19.1 Å². The Hall–Kier alpha value is -2.92. The fourth-order valence-corrected chi connectivity index (χ4v) is 4.49. The zero-order chi connectivity index (χ0) is 24.1. The third-order valence-electron chi connectivity index (χ3n) is 5.92. The number of halogens is 1. The third-order valence-corrected chi connectivity index (χ3v) is 6.48. The number of ether oxygens (including phenoxy) is 1. The fourth-order valence-electron chi connectivity index (χ4n) is 4.14. The average Bonchev–Trinajstić information content (AvgIpc) is 3.23. The number of anilines is 2. The number of esters is 1. The van der Waals surface area contributed by atoms with Gasteiger partial charge in [-0.2, -0.15) is 9.61 Å². The van der Waals surface area contributed by atoms with Crippen LogP contribution in [-0.4, -0.2) is 52.9 Å². The van der Waals surface area contributed by atoms with E-state index in [1.807, 2.05) is 30.6 Å². The molecule has 0 saturated carbocycles. The summed E-state index contributed by atoms with van der Waals surface area (Å²) in [6.45, 7) is 3.47. The maximum atomic E-state index is 11.8. The number of nitrogens with zero attached hydrogens (tertiary/aromatic N) is 5. The van der Waals surface area contributed by atoms with Gasteiger partial charge in [0.05, 0.1) is 17.3 Å². The van der Waals surface area contributed by atoms with E-state index < -0.39 is 6.04 Å². The Labute approximate surface area is 207 Å². The number of rotatable bonds is 9. The number of hydrogen-bond donors (Lipinski definition) is 2. The number of hydrogen-bond acceptors (Lipinski definition) is 8. The Kier molecular flexibility index (Phi) is 7.84. The average molecular weight is 533 g/mol. The minimum absolute atomic E-state index is 0.230. The monoisotopic (exact) mass is 532 g/mol. The molecule has 182 valence electrons. The molecule has 1 aliphatic rings. The summed E-state index contributed by atoms with van der Waals surface area (Å²) in [4.78, 5) is 24.2. The summed E-state index contributed by atoms with van der Waals surface area (Å²) in [5, 5.41) is 7.98. The minimum atomic E-state index is -0.609. The van der Waals surface area contributed by atoms with Gasteiger partial charge in [-0.05, 0) is 48.2 Å². The lowest BCUT2D eigenvalue weighted by molar-refractivity contribution is -0.885. The van der Waals surface area contributed by atoms with E-state index in [0.29, 0.717) is 13.2 Å². The first-order valence-corrected chi connectivity index (χ1v) is 12.3. The normalized spacial score (nSPS) is 16.9. The zero-order valence-corrected chi connectivity index (χ0v) is 21.1. The molecule has 0 spiro atoms. The van der Waals surface area contributed by atoms with Crippen molar-refractivity contribution in [2.45, 2.75) is 51.2 Å². The second-order valence-electron chi connectivity index (χ2n) is 8.42. The summed E-state index contributed by atoms with van der Waals surface area (Å²) in [5.41, 5.74) is 7.42. The Balaban J connectivity index is 1.56. The Morgan fingerprint density at radius 1 is 1.44 bits per heavy atom. The van der Waals surface area contributed by atoms with E-state index >= 15 is 0 Å². The van der Waals surface area contributed by atoms with Crippen molar-refractivity contribution in [3.8, 4) is 0 Å². The number of pyridine rings is 1. The van der Waals surface area contributed by atoms with Crippen LogP contribution in [0.4, 0.5) is 11.6 Å². The summed E-state index contributed by atoms with van der Waals surface area (Å²) >= 11 is 3.58. The zero-order valence-electron chi connectivity index (χ0n) is 19.5. The summed E-state index contributed by atoms with van der Waals surface area (Å²) < 4.78 is 9.62. The molecule has 0 radical (unpaired) electrons. The van der Waals surface area contributed by atoms with Gasteiger partial charge >= 0.3 is 5.97 Å². The van der Waals surface area contributed by atoms with Crippen molar-refractivity contribution in [2.24, 2.45) is 5.73 Å². The van der Waals surface area contributed by atoms with Crippen LogP contribution in [0.2, 0.25) is 0 Å². The smallest absolute Gasteiger partial charge is 0.322 e. The van der Waals surface area contributed by atoms with Crippen molar-refractivity contribution in [1.29, 1.82) is 0 Å². The van der Waals surface area contributed by atoms with E-state index in [2.05, 4.69) is 31.2 Å². The van der Waals surface area contributed by atoms with Crippen LogP contribution in [-0.2, 0) is 16.1 Å². The van der Waals surface area contributed by atoms with Gasteiger partial charge in [-0.1, -0.05) is 0 Å². The van der Waals surface area contributed by atoms with Crippen molar-refractivity contribution in [3.63, 3.8) is 0 Å². The van der Waals surface area contributed by atoms with Crippen LogP contribution >= 0.6 is 15.9 Å². The van der Waals surface area contributed by atoms with Gasteiger partial charge in [0.1, 0.15) is 24.8 Å². The van der Waals surface area contributed by atoms with Crippen LogP contribution < -0.4 is 25.5 Å². The molecular weight excluding hydrogens is 502 g/mol. The first kappa shape index (κ1) is 24.2. The van der Waals surface area contributed by atoms with Crippen molar-refractivity contribution in [1.82, 2.24) is 14.6 Å². The summed E-state index contributed by atoms with van der Waals surface area (Å²) in [5.74, 6) is 1.35. The van der Waals surface area contributed by atoms with Crippen LogP contribution in [0.15, 0.2) is 41.3 Å². The van der Waals surface area contributed by atoms with Crippen molar-refractivity contribution >= 4 is 39.2 Å². The Bertz CT molecular complexity index is 1140. The molecule has 11 heteroatoms. The molecule has 4 rings (SSSR count). The quantitative estimate of drug-likeness (QED) is 0.318. The topological polar surface area (TPSA) is 111 Å². The number of piperidine rings is 1. The van der Waals surface area contributed by atoms with E-state index in [4.69, 9.17) is 20.3 Å². The number of nitrogens with one attached hydrogen (secondary N) is 1. The minimum Gasteiger partial charge on any atom is -0.464 e. The van der Waals surface area contributed by atoms with Crippen LogP contribution in [0.1, 0.15) is 38.2 Å². The van der Waals surface area contributed by atoms with Crippen LogP contribution in [0, 0.1) is 0 Å². The summed E-state index contributed by atoms with van der Waals surface area (Å²) in [7, 11) is 1.63. The van der Waals surface area contributed by atoms with Gasteiger partial charge in [-0.15, -0.1) is 0 Å². The Morgan fingerprint density at radius 3 is 3.09 bits per heavy atom. The van der Waals surface area contributed by atoms with Gasteiger partial charge in [0.25, 0.3) is 0 Å². The van der Waals surface area contributed by atoms with Crippen LogP contribution in [0.25, 0.3) is 5.65 Å². The van der Waals surface area contributed by atoms with Gasteiger partial charge in [0.2, 0.25) is 12.4 Å². The fraction of sp³-hybridized carbons (Fsp3) is 0.478. The lowest BCUT2D eigenvalue weighted by atomic mass is 9.99. The van der Waals surface area contributed by atoms with E-state index in [-0.39, 0.29) is 12.0 Å². The molecule has 1 aliphatic heterocycles. The SMILES string of the molecule is CO[n+]1cccc(CNc2cc(N3CCCC[C@H]3CCOC(=O)[C@@H](C)N)nc3c(Br)cnn23)c1. The lowest BCUT2D eigenvalue weighted by Gasteiger charge is -2.37. The highest BCUT2D eigenvalue weighted by Crippen LogP contribution is 2.30. The number of carbonyl (C=O) groups excluding carboxylic acids is 1. The number of nitrogens with two attached hydrogens (primary N) is 1. The largest absolute Gasteiger partial charge is 0.464 e. The molecule has 1 fully saturated rings. The predicted molar refractivity (Wildman–Crippen MR) is 131 cm³/mol. The van der Waals surface area contributed by atoms with E-state index in [1.54, 1.807) is 29.5 Å².